The van der Waals surface area contributed by atoms with E-state index in [1.165, 1.54) is 61.0 Å². The van der Waals surface area contributed by atoms with Gasteiger partial charge in [-0.1, -0.05) is 0 Å². The van der Waals surface area contributed by atoms with E-state index in [1.54, 1.807) is 0 Å². The average molecular weight is 412 g/mol. The summed E-state index contributed by atoms with van der Waals surface area (Å²) in [6.45, 7) is 0. The third-order valence-electron chi connectivity index (χ3n) is 5.11. The summed E-state index contributed by atoms with van der Waals surface area (Å²) >= 11 is 0. The van der Waals surface area contributed by atoms with E-state index in [1.807, 2.05) is 0 Å². The van der Waals surface area contributed by atoms with Gasteiger partial charge in [-0.25, -0.2) is 9.48 Å². The highest BCUT2D eigenvalue weighted by atomic mass is 16.6. The van der Waals surface area contributed by atoms with Crippen molar-refractivity contribution in [2.75, 3.05) is 0 Å². The molecule has 10 nitrogen and oxygen atoms in total. The summed E-state index contributed by atoms with van der Waals surface area (Å²) < 4.78 is 1.50. The third-order valence-corrected chi connectivity index (χ3v) is 5.11. The highest BCUT2D eigenvalue weighted by Gasteiger charge is 2.37. The monoisotopic (exact) mass is 412 g/mol. The molecule has 10 heteroatoms. The van der Waals surface area contributed by atoms with E-state index in [2.05, 4.69) is 0 Å². The van der Waals surface area contributed by atoms with Crippen LogP contribution in [0.5, 0.6) is 0 Å². The van der Waals surface area contributed by atoms with Crippen molar-refractivity contribution in [3.63, 3.8) is 0 Å². The fourth-order valence-corrected chi connectivity index (χ4v) is 3.53. The average Bonchev–Trinajstić information content (AvgIpc) is 2.74. The van der Waals surface area contributed by atoms with Crippen LogP contribution in [0.4, 0.5) is 11.4 Å². The largest absolute Gasteiger partial charge is 0.623 e. The zero-order valence-corrected chi connectivity index (χ0v) is 16.0. The van der Waals surface area contributed by atoms with Crippen molar-refractivity contribution in [1.29, 1.82) is 0 Å². The molecule has 3 rings (SSSR count). The summed E-state index contributed by atoms with van der Waals surface area (Å²) in [7, 11) is 0. The van der Waals surface area contributed by atoms with Crippen LogP contribution < -0.4 is 0 Å². The molecule has 1 aliphatic carbocycles. The van der Waals surface area contributed by atoms with E-state index in [4.69, 9.17) is 0 Å². The fraction of sp³-hybridized carbons (Fsp3) is 0.300. The molecule has 2 aromatic carbocycles. The zero-order valence-electron chi connectivity index (χ0n) is 16.0. The molecule has 0 amide bonds. The maximum absolute atomic E-state index is 12.7. The van der Waals surface area contributed by atoms with E-state index in [9.17, 15) is 30.6 Å². The van der Waals surface area contributed by atoms with Crippen molar-refractivity contribution in [3.8, 4) is 0 Å². The van der Waals surface area contributed by atoms with E-state index >= 15 is 0 Å². The first-order valence-corrected chi connectivity index (χ1v) is 9.45. The normalized spacial score (nSPS) is 20.0. The van der Waals surface area contributed by atoms with Crippen molar-refractivity contribution in [2.24, 2.45) is 0 Å². The molecule has 2 atom stereocenters. The number of nitro groups is 2. The Morgan fingerprint density at radius 1 is 0.633 bits per heavy atom. The van der Waals surface area contributed by atoms with Gasteiger partial charge in [0.2, 0.25) is 12.1 Å². The summed E-state index contributed by atoms with van der Waals surface area (Å²) in [4.78, 5) is 20.5. The first-order valence-electron chi connectivity index (χ1n) is 9.45. The molecule has 0 bridgehead atoms. The Labute approximate surface area is 171 Å². The number of rotatable bonds is 6. The minimum absolute atomic E-state index is 0.0661. The molecule has 0 N–H and O–H groups in total. The van der Waals surface area contributed by atoms with Crippen molar-refractivity contribution in [1.82, 2.24) is 0 Å². The molecule has 1 saturated carbocycles. The lowest BCUT2D eigenvalue weighted by atomic mass is 9.90. The van der Waals surface area contributed by atoms with Gasteiger partial charge in [0.05, 0.1) is 9.85 Å². The van der Waals surface area contributed by atoms with Crippen LogP contribution in [0.15, 0.2) is 48.5 Å². The molecule has 2 aromatic rings. The standard InChI is InChI=1S/C20H20N4O6/c25-21(13-15-5-9-17(10-6-15)23(27)28)19-3-1-2-4-20(19)22(26)14-16-7-11-18(12-8-16)24(29)30/h5-14,19-20H,1-4H2/b21-13-,22-14-/t19-,20-/m0/s1. The number of non-ortho nitro benzene ring substituents is 2. The Balaban J connectivity index is 1.80. The number of nitrogens with zero attached hydrogens (tertiary/aromatic N) is 4. The molecule has 0 radical (unpaired) electrons. The van der Waals surface area contributed by atoms with Crippen LogP contribution in [0.2, 0.25) is 0 Å². The lowest BCUT2D eigenvalue weighted by Gasteiger charge is -2.28. The van der Waals surface area contributed by atoms with E-state index in [0.29, 0.717) is 24.0 Å². The Morgan fingerprint density at radius 2 is 0.967 bits per heavy atom. The predicted octanol–water partition coefficient (Wildman–Crippen LogP) is 3.37. The van der Waals surface area contributed by atoms with Crippen LogP contribution in [0.1, 0.15) is 36.8 Å². The number of benzene rings is 2. The van der Waals surface area contributed by atoms with E-state index in [0.717, 1.165) is 22.3 Å². The maximum atomic E-state index is 12.7. The lowest BCUT2D eigenvalue weighted by Crippen LogP contribution is -2.44. The van der Waals surface area contributed by atoms with Crippen molar-refractivity contribution in [2.45, 2.75) is 37.8 Å². The van der Waals surface area contributed by atoms with Gasteiger partial charge in [-0.05, 0) is 37.1 Å². The van der Waals surface area contributed by atoms with E-state index in [-0.39, 0.29) is 11.4 Å². The van der Waals surface area contributed by atoms with Crippen molar-refractivity contribution >= 4 is 23.8 Å². The summed E-state index contributed by atoms with van der Waals surface area (Å²) in [5.74, 6) is 0. The molecular formula is C20H20N4O6. The summed E-state index contributed by atoms with van der Waals surface area (Å²) in [6.07, 6.45) is 5.41. The quantitative estimate of drug-likeness (QED) is 0.234. The SMILES string of the molecule is O=[N+]([O-])c1ccc(/C=[N+](\[O-])[C@H]2CCCC[C@@H]2/[N+]([O-])=C/c2ccc([N+](=O)[O-])cc2)cc1. The van der Waals surface area contributed by atoms with Gasteiger partial charge in [-0.3, -0.25) is 20.2 Å². The Morgan fingerprint density at radius 3 is 1.27 bits per heavy atom. The maximum Gasteiger partial charge on any atom is 0.269 e. The molecule has 30 heavy (non-hydrogen) atoms. The van der Waals surface area contributed by atoms with Crippen LogP contribution >= 0.6 is 0 Å². The molecule has 0 aliphatic heterocycles. The second-order valence-corrected chi connectivity index (χ2v) is 7.09. The summed E-state index contributed by atoms with van der Waals surface area (Å²) in [5.41, 5.74) is 0.889. The van der Waals surface area contributed by atoms with Crippen molar-refractivity contribution < 1.29 is 19.3 Å². The number of hydroxylamine groups is 2. The molecule has 1 aliphatic rings. The molecule has 0 heterocycles. The number of hydrogen-bond donors (Lipinski definition) is 0. The minimum Gasteiger partial charge on any atom is -0.623 e. The number of nitro benzene ring substituents is 2. The van der Waals surface area contributed by atoms with Gasteiger partial charge in [-0.2, -0.15) is 0 Å². The molecule has 1 fully saturated rings. The zero-order chi connectivity index (χ0) is 21.7. The smallest absolute Gasteiger partial charge is 0.269 e. The second-order valence-electron chi connectivity index (χ2n) is 7.09. The third kappa shape index (κ3) is 4.96. The summed E-state index contributed by atoms with van der Waals surface area (Å²) in [5, 5.41) is 47.0. The van der Waals surface area contributed by atoms with Crippen LogP contribution in [0.3, 0.4) is 0 Å². The van der Waals surface area contributed by atoms with Gasteiger partial charge in [-0.15, -0.1) is 0 Å². The Bertz CT molecular complexity index is 904. The summed E-state index contributed by atoms with van der Waals surface area (Å²) in [6, 6.07) is 10.1. The van der Waals surface area contributed by atoms with E-state index < -0.39 is 21.9 Å². The van der Waals surface area contributed by atoms with Crippen LogP contribution in [0.25, 0.3) is 0 Å². The molecular weight excluding hydrogens is 392 g/mol. The van der Waals surface area contributed by atoms with Crippen LogP contribution in [0, 0.1) is 30.6 Å². The van der Waals surface area contributed by atoms with Gasteiger partial charge < -0.3 is 10.4 Å². The Kier molecular flexibility index (Phi) is 6.35. The highest BCUT2D eigenvalue weighted by Crippen LogP contribution is 2.23. The molecule has 0 saturated heterocycles. The van der Waals surface area contributed by atoms with Gasteiger partial charge in [0.15, 0.2) is 12.4 Å². The first-order chi connectivity index (χ1) is 14.3. The van der Waals surface area contributed by atoms with Crippen LogP contribution in [-0.2, 0) is 0 Å². The Hall–Kier alpha value is -3.82. The van der Waals surface area contributed by atoms with Gasteiger partial charge in [0.25, 0.3) is 11.4 Å². The fourth-order valence-electron chi connectivity index (χ4n) is 3.53. The van der Waals surface area contributed by atoms with Crippen molar-refractivity contribution in [3.05, 3.63) is 90.3 Å². The van der Waals surface area contributed by atoms with Gasteiger partial charge >= 0.3 is 0 Å². The topological polar surface area (TPSA) is 138 Å². The molecule has 156 valence electrons. The second kappa shape index (κ2) is 9.12. The van der Waals surface area contributed by atoms with Gasteiger partial charge in [0, 0.05) is 48.2 Å². The van der Waals surface area contributed by atoms with Crippen LogP contribution in [-0.4, -0.2) is 43.8 Å². The molecule has 0 aromatic heterocycles. The van der Waals surface area contributed by atoms with Gasteiger partial charge in [0.1, 0.15) is 0 Å². The number of hydrogen-bond acceptors (Lipinski definition) is 6. The minimum atomic E-state index is -0.569. The molecule has 0 unspecified atom stereocenters. The molecule has 0 spiro atoms. The lowest BCUT2D eigenvalue weighted by molar-refractivity contribution is -0.598. The highest BCUT2D eigenvalue weighted by molar-refractivity contribution is 5.77. The predicted molar refractivity (Wildman–Crippen MR) is 110 cm³/mol. The first kappa shape index (κ1) is 20.9.